The Balaban J connectivity index is 1.75. The Hall–Kier alpha value is -1.35. The van der Waals surface area contributed by atoms with Crippen LogP contribution < -0.4 is 4.90 Å². The monoisotopic (exact) mass is 272 g/mol. The molecule has 19 heavy (non-hydrogen) atoms. The molecule has 0 aliphatic heterocycles. The van der Waals surface area contributed by atoms with Gasteiger partial charge in [-0.2, -0.15) is 0 Å². The first-order chi connectivity index (χ1) is 9.22. The molecule has 0 saturated carbocycles. The first kappa shape index (κ1) is 12.7. The summed E-state index contributed by atoms with van der Waals surface area (Å²) in [5, 5.41) is 1.26. The van der Waals surface area contributed by atoms with E-state index in [0.717, 1.165) is 6.54 Å². The van der Waals surface area contributed by atoms with Gasteiger partial charge in [-0.15, -0.1) is 11.3 Å². The van der Waals surface area contributed by atoms with Crippen molar-refractivity contribution in [3.8, 4) is 0 Å². The third kappa shape index (κ3) is 2.81. The van der Waals surface area contributed by atoms with E-state index in [0.29, 0.717) is 0 Å². The Bertz CT molecular complexity index is 550. The summed E-state index contributed by atoms with van der Waals surface area (Å²) < 4.78 is 0. The number of aryl methyl sites for hydroxylation is 3. The Labute approximate surface area is 119 Å². The fourth-order valence-electron chi connectivity index (χ4n) is 2.63. The normalized spacial score (nSPS) is 14.2. The quantitative estimate of drug-likeness (QED) is 0.840. The zero-order chi connectivity index (χ0) is 13.2. The van der Waals surface area contributed by atoms with Crippen LogP contribution in [0.3, 0.4) is 0 Å². The van der Waals surface area contributed by atoms with E-state index in [4.69, 9.17) is 4.98 Å². The molecule has 0 fully saturated rings. The van der Waals surface area contributed by atoms with Crippen LogP contribution in [0.25, 0.3) is 0 Å². The first-order valence-electron chi connectivity index (χ1n) is 6.97. The molecule has 1 aliphatic rings. The average molecular weight is 272 g/mol. The molecule has 1 aliphatic carbocycles. The molecule has 0 unspecified atom stereocenters. The number of aromatic nitrogens is 1. The lowest BCUT2D eigenvalue weighted by atomic mass is 10.0. The van der Waals surface area contributed by atoms with E-state index in [2.05, 4.69) is 43.1 Å². The minimum absolute atomic E-state index is 0.918. The molecule has 0 saturated heterocycles. The first-order valence-corrected chi connectivity index (χ1v) is 7.79. The molecular weight excluding hydrogens is 252 g/mol. The third-order valence-electron chi connectivity index (χ3n) is 3.70. The van der Waals surface area contributed by atoms with E-state index in [1.807, 2.05) is 11.3 Å². The fourth-order valence-corrected chi connectivity index (χ4v) is 3.84. The Morgan fingerprint density at radius 1 is 1.26 bits per heavy atom. The summed E-state index contributed by atoms with van der Waals surface area (Å²) >= 11 is 1.91. The van der Waals surface area contributed by atoms with E-state index >= 15 is 0 Å². The lowest BCUT2D eigenvalue weighted by Gasteiger charge is -2.18. The molecular formula is C16H20N2S. The molecule has 0 spiro atoms. The predicted octanol–water partition coefficient (Wildman–Crippen LogP) is 3.97. The summed E-state index contributed by atoms with van der Waals surface area (Å²) in [5.74, 6) is 0. The molecule has 1 aromatic heterocycles. The summed E-state index contributed by atoms with van der Waals surface area (Å²) in [6.45, 7) is 3.06. The van der Waals surface area contributed by atoms with Crippen molar-refractivity contribution in [1.29, 1.82) is 0 Å². The zero-order valence-corrected chi connectivity index (χ0v) is 12.5. The molecule has 0 atom stereocenters. The summed E-state index contributed by atoms with van der Waals surface area (Å²) in [6.07, 6.45) is 5.06. The molecule has 1 heterocycles. The zero-order valence-electron chi connectivity index (χ0n) is 11.6. The maximum absolute atomic E-state index is 4.82. The van der Waals surface area contributed by atoms with Crippen molar-refractivity contribution in [3.05, 3.63) is 45.4 Å². The maximum Gasteiger partial charge on any atom is 0.112 e. The summed E-state index contributed by atoms with van der Waals surface area (Å²) in [4.78, 5) is 8.63. The largest absolute Gasteiger partial charge is 0.368 e. The molecule has 3 rings (SSSR count). The van der Waals surface area contributed by atoms with Crippen molar-refractivity contribution < 1.29 is 0 Å². The van der Waals surface area contributed by atoms with Crippen molar-refractivity contribution in [3.63, 3.8) is 0 Å². The SMILES string of the molecule is Cc1cccc(N(C)Cc2nc3c(s2)CCCC3)c1. The van der Waals surface area contributed by atoms with E-state index in [-0.39, 0.29) is 0 Å². The second-order valence-electron chi connectivity index (χ2n) is 5.38. The minimum Gasteiger partial charge on any atom is -0.368 e. The Morgan fingerprint density at radius 2 is 2.11 bits per heavy atom. The van der Waals surface area contributed by atoms with E-state index in [9.17, 15) is 0 Å². The van der Waals surface area contributed by atoms with Crippen LogP contribution in [0.1, 0.15) is 34.0 Å². The van der Waals surface area contributed by atoms with Crippen molar-refractivity contribution in [2.24, 2.45) is 0 Å². The summed E-state index contributed by atoms with van der Waals surface area (Å²) in [6, 6.07) is 8.65. The number of rotatable bonds is 3. The van der Waals surface area contributed by atoms with Crippen molar-refractivity contribution in [2.75, 3.05) is 11.9 Å². The molecule has 0 bridgehead atoms. The standard InChI is InChI=1S/C16H20N2S/c1-12-6-5-7-13(10-12)18(2)11-16-17-14-8-3-4-9-15(14)19-16/h5-7,10H,3-4,8-9,11H2,1-2H3. The number of benzene rings is 1. The van der Waals surface area contributed by atoms with Gasteiger partial charge >= 0.3 is 0 Å². The van der Waals surface area contributed by atoms with Crippen LogP contribution in [0, 0.1) is 6.92 Å². The van der Waals surface area contributed by atoms with E-state index in [1.165, 1.54) is 52.5 Å². The van der Waals surface area contributed by atoms with Crippen LogP contribution in [0.15, 0.2) is 24.3 Å². The number of thiazole rings is 1. The average Bonchev–Trinajstić information content (AvgIpc) is 2.80. The van der Waals surface area contributed by atoms with Crippen LogP contribution in [0.2, 0.25) is 0 Å². The van der Waals surface area contributed by atoms with Gasteiger partial charge in [-0.25, -0.2) is 4.98 Å². The molecule has 2 nitrogen and oxygen atoms in total. The minimum atomic E-state index is 0.918. The lowest BCUT2D eigenvalue weighted by molar-refractivity contribution is 0.680. The highest BCUT2D eigenvalue weighted by Gasteiger charge is 2.15. The lowest BCUT2D eigenvalue weighted by Crippen LogP contribution is -2.16. The summed E-state index contributed by atoms with van der Waals surface area (Å²) in [7, 11) is 2.15. The molecule has 2 aromatic rings. The molecule has 0 N–H and O–H groups in total. The Morgan fingerprint density at radius 3 is 2.89 bits per heavy atom. The predicted molar refractivity (Wildman–Crippen MR) is 82.0 cm³/mol. The topological polar surface area (TPSA) is 16.1 Å². The van der Waals surface area contributed by atoms with Gasteiger partial charge in [-0.05, 0) is 50.3 Å². The number of hydrogen-bond acceptors (Lipinski definition) is 3. The van der Waals surface area contributed by atoms with Gasteiger partial charge in [0.15, 0.2) is 0 Å². The highest BCUT2D eigenvalue weighted by Crippen LogP contribution is 2.28. The fraction of sp³-hybridized carbons (Fsp3) is 0.438. The van der Waals surface area contributed by atoms with E-state index in [1.54, 1.807) is 0 Å². The molecule has 0 amide bonds. The number of nitrogens with zero attached hydrogens (tertiary/aromatic N) is 2. The van der Waals surface area contributed by atoms with Crippen molar-refractivity contribution >= 4 is 17.0 Å². The van der Waals surface area contributed by atoms with Crippen molar-refractivity contribution in [1.82, 2.24) is 4.98 Å². The maximum atomic E-state index is 4.82. The van der Waals surface area contributed by atoms with Gasteiger partial charge in [-0.3, -0.25) is 0 Å². The van der Waals surface area contributed by atoms with Gasteiger partial charge < -0.3 is 4.90 Å². The molecule has 3 heteroatoms. The summed E-state index contributed by atoms with van der Waals surface area (Å²) in [5.41, 5.74) is 3.94. The third-order valence-corrected chi connectivity index (χ3v) is 4.85. The van der Waals surface area contributed by atoms with Gasteiger partial charge in [0.2, 0.25) is 0 Å². The van der Waals surface area contributed by atoms with Gasteiger partial charge in [0.05, 0.1) is 12.2 Å². The Kier molecular flexibility index (Phi) is 3.56. The number of fused-ring (bicyclic) bond motifs is 1. The van der Waals surface area contributed by atoms with Crippen LogP contribution in [0.5, 0.6) is 0 Å². The van der Waals surface area contributed by atoms with Crippen LogP contribution in [0.4, 0.5) is 5.69 Å². The van der Waals surface area contributed by atoms with Gasteiger partial charge in [0.25, 0.3) is 0 Å². The molecule has 100 valence electrons. The molecule has 1 aromatic carbocycles. The van der Waals surface area contributed by atoms with Gasteiger partial charge in [0, 0.05) is 17.6 Å². The van der Waals surface area contributed by atoms with E-state index < -0.39 is 0 Å². The van der Waals surface area contributed by atoms with Crippen LogP contribution in [-0.2, 0) is 19.4 Å². The number of anilines is 1. The highest BCUT2D eigenvalue weighted by atomic mass is 32.1. The van der Waals surface area contributed by atoms with Crippen LogP contribution in [-0.4, -0.2) is 12.0 Å². The van der Waals surface area contributed by atoms with Crippen molar-refractivity contribution in [2.45, 2.75) is 39.2 Å². The van der Waals surface area contributed by atoms with Gasteiger partial charge in [-0.1, -0.05) is 12.1 Å². The van der Waals surface area contributed by atoms with Crippen LogP contribution >= 0.6 is 11.3 Å². The smallest absolute Gasteiger partial charge is 0.112 e. The van der Waals surface area contributed by atoms with Gasteiger partial charge in [0.1, 0.15) is 5.01 Å². The second kappa shape index (κ2) is 5.33. The second-order valence-corrected chi connectivity index (χ2v) is 6.55. The number of hydrogen-bond donors (Lipinski definition) is 0. The highest BCUT2D eigenvalue weighted by molar-refractivity contribution is 7.11. The molecule has 0 radical (unpaired) electrons.